The molecule has 1 aromatic carbocycles. The summed E-state index contributed by atoms with van der Waals surface area (Å²) in [6.45, 7) is 2.28. The molecule has 2 aromatic rings. The fourth-order valence-electron chi connectivity index (χ4n) is 4.58. The van der Waals surface area contributed by atoms with Gasteiger partial charge in [-0.05, 0) is 74.4 Å². The highest BCUT2D eigenvalue weighted by Crippen LogP contribution is 2.52. The van der Waals surface area contributed by atoms with Crippen LogP contribution < -0.4 is 0 Å². The lowest BCUT2D eigenvalue weighted by atomic mass is 9.84. The van der Waals surface area contributed by atoms with Gasteiger partial charge >= 0.3 is 0 Å². The molecule has 0 saturated heterocycles. The lowest BCUT2D eigenvalue weighted by Crippen LogP contribution is -2.22. The van der Waals surface area contributed by atoms with Crippen molar-refractivity contribution in [1.82, 2.24) is 9.55 Å². The molecule has 2 fully saturated rings. The lowest BCUT2D eigenvalue weighted by molar-refractivity contribution is 0.245. The second-order valence-electron chi connectivity index (χ2n) is 6.54. The average Bonchev–Trinajstić information content (AvgIpc) is 3.10. The van der Waals surface area contributed by atoms with Crippen molar-refractivity contribution in [2.24, 2.45) is 17.8 Å². The first-order chi connectivity index (χ1) is 9.63. The minimum Gasteiger partial charge on any atom is -0.330 e. The van der Waals surface area contributed by atoms with Gasteiger partial charge in [-0.1, -0.05) is 6.42 Å². The number of aromatic nitrogens is 2. The van der Waals surface area contributed by atoms with Gasteiger partial charge in [-0.2, -0.15) is 0 Å². The Bertz CT molecular complexity index is 717. The first kappa shape index (κ1) is 12.6. The molecule has 1 heterocycles. The van der Waals surface area contributed by atoms with Crippen molar-refractivity contribution in [3.05, 3.63) is 28.8 Å². The Morgan fingerprint density at radius 3 is 2.90 bits per heavy atom. The molecule has 2 nitrogen and oxygen atoms in total. The van der Waals surface area contributed by atoms with E-state index in [0.717, 1.165) is 33.6 Å². The van der Waals surface area contributed by atoms with Crippen molar-refractivity contribution in [3.63, 3.8) is 0 Å². The zero-order valence-electron chi connectivity index (χ0n) is 11.6. The van der Waals surface area contributed by atoms with Crippen molar-refractivity contribution >= 4 is 23.3 Å². The molecule has 4 unspecified atom stereocenters. The second kappa shape index (κ2) is 4.42. The van der Waals surface area contributed by atoms with E-state index in [1.165, 1.54) is 37.8 Å². The fourth-order valence-corrected chi connectivity index (χ4v) is 4.96. The quantitative estimate of drug-likeness (QED) is 0.785. The molecule has 2 bridgehead atoms. The number of H-pyrrole nitrogens is 1. The minimum atomic E-state index is -0.214. The van der Waals surface area contributed by atoms with Crippen LogP contribution in [-0.4, -0.2) is 9.55 Å². The molecule has 2 saturated carbocycles. The number of benzene rings is 1. The van der Waals surface area contributed by atoms with E-state index in [-0.39, 0.29) is 5.82 Å². The molecule has 106 valence electrons. The maximum atomic E-state index is 13.3. The summed E-state index contributed by atoms with van der Waals surface area (Å²) in [5, 5.41) is 0. The van der Waals surface area contributed by atoms with Gasteiger partial charge in [-0.3, -0.25) is 0 Å². The number of imidazole rings is 1. The largest absolute Gasteiger partial charge is 0.330 e. The summed E-state index contributed by atoms with van der Waals surface area (Å²) in [6, 6.07) is 5.31. The number of rotatable bonds is 2. The standard InChI is InChI=1S/C16H19FN2S/c1-9(13-7-10-2-3-11(13)6-10)19-15-5-4-12(17)8-14(15)18-16(19)20/h4-5,8-11,13H,2-3,6-7H2,1H3,(H,18,20). The minimum absolute atomic E-state index is 0.214. The van der Waals surface area contributed by atoms with Crippen molar-refractivity contribution in [3.8, 4) is 0 Å². The van der Waals surface area contributed by atoms with Crippen molar-refractivity contribution in [2.75, 3.05) is 0 Å². The number of nitrogens with zero attached hydrogens (tertiary/aromatic N) is 1. The number of aromatic amines is 1. The predicted molar refractivity (Wildman–Crippen MR) is 80.7 cm³/mol. The van der Waals surface area contributed by atoms with E-state index in [4.69, 9.17) is 12.2 Å². The van der Waals surface area contributed by atoms with E-state index < -0.39 is 0 Å². The highest BCUT2D eigenvalue weighted by Gasteiger charge is 2.42. The molecule has 2 aliphatic rings. The number of hydrogen-bond donors (Lipinski definition) is 1. The molecule has 1 N–H and O–H groups in total. The van der Waals surface area contributed by atoms with Crippen LogP contribution in [0.25, 0.3) is 11.0 Å². The third-order valence-electron chi connectivity index (χ3n) is 5.50. The van der Waals surface area contributed by atoms with Crippen molar-refractivity contribution in [2.45, 2.75) is 38.6 Å². The van der Waals surface area contributed by atoms with Gasteiger partial charge in [0.1, 0.15) is 5.82 Å². The Morgan fingerprint density at radius 2 is 2.20 bits per heavy atom. The van der Waals surface area contributed by atoms with Gasteiger partial charge < -0.3 is 9.55 Å². The highest BCUT2D eigenvalue weighted by atomic mass is 32.1. The van der Waals surface area contributed by atoms with E-state index in [9.17, 15) is 4.39 Å². The van der Waals surface area contributed by atoms with Gasteiger partial charge in [0.2, 0.25) is 0 Å². The molecule has 4 atom stereocenters. The van der Waals surface area contributed by atoms with Crippen LogP contribution in [0.3, 0.4) is 0 Å². The maximum Gasteiger partial charge on any atom is 0.178 e. The van der Waals surface area contributed by atoms with Crippen molar-refractivity contribution < 1.29 is 4.39 Å². The SMILES string of the molecule is CC(C1CC2CCC1C2)n1c(=S)[nH]c2cc(F)ccc21. The van der Waals surface area contributed by atoms with Crippen molar-refractivity contribution in [1.29, 1.82) is 0 Å². The summed E-state index contributed by atoms with van der Waals surface area (Å²) >= 11 is 5.48. The smallest absolute Gasteiger partial charge is 0.178 e. The molecule has 0 radical (unpaired) electrons. The van der Waals surface area contributed by atoms with E-state index in [1.807, 2.05) is 6.07 Å². The van der Waals surface area contributed by atoms with Gasteiger partial charge in [-0.25, -0.2) is 4.39 Å². The Morgan fingerprint density at radius 1 is 1.35 bits per heavy atom. The Balaban J connectivity index is 1.78. The van der Waals surface area contributed by atoms with E-state index in [1.54, 1.807) is 0 Å². The van der Waals surface area contributed by atoms with Gasteiger partial charge in [-0.15, -0.1) is 0 Å². The number of halogens is 1. The zero-order chi connectivity index (χ0) is 13.9. The summed E-state index contributed by atoms with van der Waals surface area (Å²) < 4.78 is 16.3. The third kappa shape index (κ3) is 1.77. The van der Waals surface area contributed by atoms with Gasteiger partial charge in [0.25, 0.3) is 0 Å². The molecule has 2 aliphatic carbocycles. The molecule has 0 amide bonds. The molecule has 4 heteroatoms. The van der Waals surface area contributed by atoms with Gasteiger partial charge in [0.15, 0.2) is 4.77 Å². The van der Waals surface area contributed by atoms with Crippen LogP contribution in [0, 0.1) is 28.3 Å². The van der Waals surface area contributed by atoms with Gasteiger partial charge in [0.05, 0.1) is 11.0 Å². The van der Waals surface area contributed by atoms with E-state index in [2.05, 4.69) is 16.5 Å². The molecule has 0 aliphatic heterocycles. The van der Waals surface area contributed by atoms with E-state index >= 15 is 0 Å². The molecule has 0 spiro atoms. The first-order valence-electron chi connectivity index (χ1n) is 7.53. The summed E-state index contributed by atoms with van der Waals surface area (Å²) in [7, 11) is 0. The third-order valence-corrected chi connectivity index (χ3v) is 5.80. The summed E-state index contributed by atoms with van der Waals surface area (Å²) in [4.78, 5) is 3.15. The topological polar surface area (TPSA) is 20.7 Å². The van der Waals surface area contributed by atoms with Crippen LogP contribution in [-0.2, 0) is 0 Å². The summed E-state index contributed by atoms with van der Waals surface area (Å²) in [6.07, 6.45) is 5.53. The predicted octanol–water partition coefficient (Wildman–Crippen LogP) is 4.84. The number of hydrogen-bond acceptors (Lipinski definition) is 1. The second-order valence-corrected chi connectivity index (χ2v) is 6.93. The van der Waals surface area contributed by atoms with Crippen LogP contribution in [0.1, 0.15) is 38.6 Å². The van der Waals surface area contributed by atoms with E-state index in [0.29, 0.717) is 6.04 Å². The molecular weight excluding hydrogens is 271 g/mol. The Kier molecular flexibility index (Phi) is 2.78. The van der Waals surface area contributed by atoms with Crippen LogP contribution in [0.2, 0.25) is 0 Å². The molecule has 4 rings (SSSR count). The van der Waals surface area contributed by atoms with Crippen LogP contribution in [0.5, 0.6) is 0 Å². The van der Waals surface area contributed by atoms with Crippen LogP contribution in [0.4, 0.5) is 4.39 Å². The van der Waals surface area contributed by atoms with Crippen LogP contribution >= 0.6 is 12.2 Å². The Hall–Kier alpha value is -1.16. The first-order valence-corrected chi connectivity index (χ1v) is 7.94. The van der Waals surface area contributed by atoms with Gasteiger partial charge in [0, 0.05) is 6.04 Å². The number of fused-ring (bicyclic) bond motifs is 3. The average molecular weight is 290 g/mol. The molecule has 1 aromatic heterocycles. The normalized spacial score (nSPS) is 30.2. The fraction of sp³-hybridized carbons (Fsp3) is 0.562. The Labute approximate surface area is 123 Å². The number of nitrogens with one attached hydrogen (secondary N) is 1. The monoisotopic (exact) mass is 290 g/mol. The summed E-state index contributed by atoms with van der Waals surface area (Å²) in [5.41, 5.74) is 1.84. The molecular formula is C16H19FN2S. The summed E-state index contributed by atoms with van der Waals surface area (Å²) in [5.74, 6) is 2.31. The zero-order valence-corrected chi connectivity index (χ0v) is 12.4. The highest BCUT2D eigenvalue weighted by molar-refractivity contribution is 7.71. The van der Waals surface area contributed by atoms with Crippen LogP contribution in [0.15, 0.2) is 18.2 Å². The molecule has 20 heavy (non-hydrogen) atoms. The maximum absolute atomic E-state index is 13.3. The lowest BCUT2D eigenvalue weighted by Gasteiger charge is -2.29.